The van der Waals surface area contributed by atoms with Gasteiger partial charge in [-0.25, -0.2) is 9.78 Å². The van der Waals surface area contributed by atoms with Crippen LogP contribution in [-0.2, 0) is 28.4 Å². The summed E-state index contributed by atoms with van der Waals surface area (Å²) in [5.74, 6) is -1.05. The molecule has 60 heavy (non-hydrogen) atoms. The van der Waals surface area contributed by atoms with Gasteiger partial charge in [-0.2, -0.15) is 18.3 Å². The van der Waals surface area contributed by atoms with Crippen LogP contribution in [0.15, 0.2) is 59.5 Å². The molecule has 1 atom stereocenters. The number of hydrogen-bond donors (Lipinski definition) is 3. The number of amides is 3. The fourth-order valence-corrected chi connectivity index (χ4v) is 9.29. The average Bonchev–Trinajstić information content (AvgIpc) is 3.74. The van der Waals surface area contributed by atoms with Gasteiger partial charge in [0.15, 0.2) is 0 Å². The van der Waals surface area contributed by atoms with Crippen molar-refractivity contribution in [2.24, 2.45) is 13.0 Å². The van der Waals surface area contributed by atoms with Gasteiger partial charge in [0.05, 0.1) is 28.2 Å². The molecule has 2 saturated heterocycles. The van der Waals surface area contributed by atoms with Crippen molar-refractivity contribution in [3.05, 3.63) is 82.2 Å². The minimum Gasteiger partial charge on any atom is -0.386 e. The number of imidazole rings is 1. The Hall–Kier alpha value is -5.55. The summed E-state index contributed by atoms with van der Waals surface area (Å²) < 4.78 is 44.9. The summed E-state index contributed by atoms with van der Waals surface area (Å²) in [5, 5.41) is 21.7. The zero-order chi connectivity index (χ0) is 42.7. The van der Waals surface area contributed by atoms with Crippen molar-refractivity contribution in [2.45, 2.75) is 95.1 Å². The number of nitrogens with zero attached hydrogens (tertiary/aromatic N) is 7. The fourth-order valence-electron chi connectivity index (χ4n) is 9.29. The number of aryl methyl sites for hydroxylation is 1. The predicted octanol–water partition coefficient (Wildman–Crippen LogP) is 5.89. The Morgan fingerprint density at radius 1 is 0.967 bits per heavy atom. The number of carbonyl (C=O) groups excluding carboxylic acids is 3. The van der Waals surface area contributed by atoms with E-state index in [0.717, 1.165) is 86.9 Å². The number of anilines is 2. The van der Waals surface area contributed by atoms with Gasteiger partial charge in [-0.1, -0.05) is 6.07 Å². The number of aromatic nitrogens is 5. The van der Waals surface area contributed by atoms with E-state index in [0.29, 0.717) is 35.0 Å². The molecule has 3 fully saturated rings. The Balaban J connectivity index is 0.876. The van der Waals surface area contributed by atoms with Gasteiger partial charge in [0.2, 0.25) is 11.8 Å². The van der Waals surface area contributed by atoms with E-state index in [1.807, 2.05) is 29.1 Å². The lowest BCUT2D eigenvalue weighted by Gasteiger charge is -2.40. The van der Waals surface area contributed by atoms with Crippen molar-refractivity contribution in [3.63, 3.8) is 0 Å². The average molecular weight is 830 g/mol. The maximum Gasteiger partial charge on any atom is 0.433 e. The molecule has 2 aromatic carbocycles. The molecule has 1 saturated carbocycles. The zero-order valence-corrected chi connectivity index (χ0v) is 34.1. The molecule has 5 aromatic rings. The molecular formula is C43H50F3N9O5. The SMILES string of the molecule is CN(CC1CCC(n2cc3cc(NC(=O)c4cccc(C(F)(F)F)n4)c(C(C)(C)O)cc3n2)CC1)C1CCN(c2ccc3c(c2)n(C2CCC(=O)NC2=O)c(=O)n3C)CC1. The minimum absolute atomic E-state index is 0.174. The van der Waals surface area contributed by atoms with Crippen LogP contribution in [0.2, 0.25) is 0 Å². The second kappa shape index (κ2) is 15.8. The molecule has 5 heterocycles. The van der Waals surface area contributed by atoms with Crippen LogP contribution in [0, 0.1) is 5.92 Å². The molecule has 3 amide bonds. The lowest BCUT2D eigenvalue weighted by Crippen LogP contribution is -2.45. The minimum atomic E-state index is -4.70. The summed E-state index contributed by atoms with van der Waals surface area (Å²) in [6.07, 6.45) is 3.66. The van der Waals surface area contributed by atoms with Gasteiger partial charge in [-0.3, -0.25) is 33.5 Å². The van der Waals surface area contributed by atoms with Crippen LogP contribution in [0.5, 0.6) is 0 Å². The molecule has 318 valence electrons. The smallest absolute Gasteiger partial charge is 0.386 e. The van der Waals surface area contributed by atoms with Gasteiger partial charge in [-0.05, 0) is 114 Å². The summed E-state index contributed by atoms with van der Waals surface area (Å²) in [4.78, 5) is 59.2. The molecule has 0 radical (unpaired) electrons. The highest BCUT2D eigenvalue weighted by Gasteiger charge is 2.35. The summed E-state index contributed by atoms with van der Waals surface area (Å²) >= 11 is 0. The standard InChI is InChI=1S/C43H50F3N9O5/c1-42(2,60)30-22-32-26(20-33(30)48-39(57)31-6-5-7-37(47-31)43(44,45)46)24-54(50-32)28-10-8-25(9-11-28)23-51(3)27-16-18-53(19-17-27)29-12-13-34-36(21-29)55(41(59)52(34)4)35-14-15-38(56)49-40(35)58/h5-7,12-13,20-22,24-25,27-28,35,60H,8-11,14-19,23H2,1-4H3,(H,48,57)(H,49,56,58). The number of aliphatic hydroxyl groups is 1. The summed E-state index contributed by atoms with van der Waals surface area (Å²) in [6, 6.07) is 12.4. The van der Waals surface area contributed by atoms with Gasteiger partial charge in [-0.15, -0.1) is 0 Å². The lowest BCUT2D eigenvalue weighted by molar-refractivity contribution is -0.141. The van der Waals surface area contributed by atoms with Crippen LogP contribution in [0.25, 0.3) is 21.9 Å². The number of nitrogens with one attached hydrogen (secondary N) is 2. The Bertz CT molecular complexity index is 2520. The first kappa shape index (κ1) is 41.2. The number of alkyl halides is 3. The highest BCUT2D eigenvalue weighted by atomic mass is 19.4. The number of pyridine rings is 1. The molecule has 1 aliphatic carbocycles. The molecule has 0 spiro atoms. The van der Waals surface area contributed by atoms with E-state index in [1.165, 1.54) is 10.6 Å². The maximum atomic E-state index is 13.3. The summed E-state index contributed by atoms with van der Waals surface area (Å²) in [6.45, 7) is 5.85. The van der Waals surface area contributed by atoms with Crippen LogP contribution in [0.4, 0.5) is 24.5 Å². The van der Waals surface area contributed by atoms with E-state index in [4.69, 9.17) is 5.10 Å². The van der Waals surface area contributed by atoms with Crippen molar-refractivity contribution in [1.29, 1.82) is 0 Å². The number of halogens is 3. The molecule has 2 aliphatic heterocycles. The van der Waals surface area contributed by atoms with Crippen LogP contribution in [-0.4, -0.2) is 84.4 Å². The maximum absolute atomic E-state index is 13.3. The number of piperidine rings is 2. The van der Waals surface area contributed by atoms with Crippen molar-refractivity contribution in [2.75, 3.05) is 36.9 Å². The molecule has 17 heteroatoms. The van der Waals surface area contributed by atoms with Crippen molar-refractivity contribution >= 4 is 51.0 Å². The Kier molecular flexibility index (Phi) is 10.9. The first-order chi connectivity index (χ1) is 28.4. The molecule has 1 unspecified atom stereocenters. The largest absolute Gasteiger partial charge is 0.433 e. The molecule has 3 aromatic heterocycles. The molecule has 14 nitrogen and oxygen atoms in total. The van der Waals surface area contributed by atoms with Gasteiger partial charge in [0, 0.05) is 67.7 Å². The second-order valence-electron chi connectivity index (χ2n) is 17.2. The lowest BCUT2D eigenvalue weighted by atomic mass is 9.85. The van der Waals surface area contributed by atoms with E-state index in [1.54, 1.807) is 37.6 Å². The van der Waals surface area contributed by atoms with Crippen molar-refractivity contribution < 1.29 is 32.7 Å². The highest BCUT2D eigenvalue weighted by Crippen LogP contribution is 2.37. The summed E-state index contributed by atoms with van der Waals surface area (Å²) in [5.41, 5.74) is 0.510. The van der Waals surface area contributed by atoms with Crippen LogP contribution >= 0.6 is 0 Å². The third kappa shape index (κ3) is 8.16. The number of carbonyl (C=O) groups is 3. The van der Waals surface area contributed by atoms with E-state index >= 15 is 0 Å². The first-order valence-electron chi connectivity index (χ1n) is 20.6. The second-order valence-corrected chi connectivity index (χ2v) is 17.2. The molecule has 0 bridgehead atoms. The number of hydrogen-bond acceptors (Lipinski definition) is 9. The zero-order valence-electron chi connectivity index (χ0n) is 34.1. The Morgan fingerprint density at radius 2 is 1.70 bits per heavy atom. The molecule has 3 aliphatic rings. The van der Waals surface area contributed by atoms with Crippen molar-refractivity contribution in [3.8, 4) is 0 Å². The first-order valence-corrected chi connectivity index (χ1v) is 20.6. The number of rotatable bonds is 9. The normalized spacial score (nSPS) is 20.9. The van der Waals surface area contributed by atoms with Crippen LogP contribution < -0.4 is 21.2 Å². The van der Waals surface area contributed by atoms with E-state index < -0.39 is 35.3 Å². The van der Waals surface area contributed by atoms with Crippen LogP contribution in [0.1, 0.15) is 99.0 Å². The number of benzene rings is 2. The predicted molar refractivity (Wildman–Crippen MR) is 220 cm³/mol. The quantitative estimate of drug-likeness (QED) is 0.154. The third-order valence-corrected chi connectivity index (χ3v) is 12.6. The highest BCUT2D eigenvalue weighted by molar-refractivity contribution is 6.04. The van der Waals surface area contributed by atoms with E-state index in [2.05, 4.69) is 32.5 Å². The van der Waals surface area contributed by atoms with Crippen molar-refractivity contribution in [1.82, 2.24) is 34.1 Å². The van der Waals surface area contributed by atoms with E-state index in [9.17, 15) is 37.5 Å². The van der Waals surface area contributed by atoms with E-state index in [-0.39, 0.29) is 35.4 Å². The molecular weight excluding hydrogens is 780 g/mol. The summed E-state index contributed by atoms with van der Waals surface area (Å²) in [7, 11) is 3.91. The number of fused-ring (bicyclic) bond motifs is 2. The van der Waals surface area contributed by atoms with Crippen LogP contribution in [0.3, 0.4) is 0 Å². The Labute approximate surface area is 344 Å². The third-order valence-electron chi connectivity index (χ3n) is 12.6. The van der Waals surface area contributed by atoms with Gasteiger partial charge in [0.1, 0.15) is 17.4 Å². The molecule has 3 N–H and O–H groups in total. The molecule has 8 rings (SSSR count). The Morgan fingerprint density at radius 3 is 2.38 bits per heavy atom. The van der Waals surface area contributed by atoms with Gasteiger partial charge >= 0.3 is 11.9 Å². The fraction of sp³-hybridized carbons (Fsp3) is 0.488. The number of imide groups is 1. The van der Waals surface area contributed by atoms with Gasteiger partial charge < -0.3 is 20.2 Å². The topological polar surface area (TPSA) is 160 Å². The van der Waals surface area contributed by atoms with Gasteiger partial charge in [0.25, 0.3) is 5.91 Å². The monoisotopic (exact) mass is 829 g/mol.